The quantitative estimate of drug-likeness (QED) is 0.865. The van der Waals surface area contributed by atoms with Gasteiger partial charge in [0, 0.05) is 18.3 Å². The minimum absolute atomic E-state index is 0.0676. The van der Waals surface area contributed by atoms with Crippen molar-refractivity contribution in [1.29, 1.82) is 0 Å². The van der Waals surface area contributed by atoms with Crippen LogP contribution in [-0.4, -0.2) is 22.7 Å². The second-order valence-electron chi connectivity index (χ2n) is 4.11. The van der Waals surface area contributed by atoms with E-state index in [2.05, 4.69) is 0 Å². The molecule has 1 aromatic heterocycles. The number of rotatable bonds is 5. The van der Waals surface area contributed by atoms with E-state index >= 15 is 0 Å². The van der Waals surface area contributed by atoms with Gasteiger partial charge in [-0.25, -0.2) is 4.79 Å². The monoisotopic (exact) mass is 261 g/mol. The van der Waals surface area contributed by atoms with Crippen molar-refractivity contribution in [3.8, 4) is 5.75 Å². The van der Waals surface area contributed by atoms with Gasteiger partial charge in [-0.15, -0.1) is 0 Å². The summed E-state index contributed by atoms with van der Waals surface area (Å²) in [5.74, 6) is -0.377. The second kappa shape index (κ2) is 5.48. The topological polar surface area (TPSA) is 73.9 Å². The third-order valence-electron chi connectivity index (χ3n) is 2.80. The van der Waals surface area contributed by atoms with Crippen molar-refractivity contribution in [1.82, 2.24) is 0 Å². The highest BCUT2D eigenvalue weighted by Gasteiger charge is 2.12. The number of carboxylic acids is 1. The second-order valence-corrected chi connectivity index (χ2v) is 4.11. The van der Waals surface area contributed by atoms with Gasteiger partial charge in [-0.3, -0.25) is 0 Å². The lowest BCUT2D eigenvalue weighted by Gasteiger charge is -2.21. The number of phenolic OH excluding ortho intramolecular Hbond substituents is 1. The smallest absolute Gasteiger partial charge is 0.371 e. The Morgan fingerprint density at radius 3 is 2.68 bits per heavy atom. The summed E-state index contributed by atoms with van der Waals surface area (Å²) in [6.45, 7) is 3.14. The number of nitrogens with zero attached hydrogens (tertiary/aromatic N) is 1. The van der Waals surface area contributed by atoms with Crippen molar-refractivity contribution in [2.24, 2.45) is 0 Å². The average molecular weight is 261 g/mol. The van der Waals surface area contributed by atoms with Gasteiger partial charge >= 0.3 is 5.97 Å². The normalized spacial score (nSPS) is 10.4. The third kappa shape index (κ3) is 3.07. The van der Waals surface area contributed by atoms with Gasteiger partial charge in [0.1, 0.15) is 11.5 Å². The first-order valence-electron chi connectivity index (χ1n) is 5.96. The van der Waals surface area contributed by atoms with Crippen LogP contribution in [0, 0.1) is 0 Å². The molecule has 1 aromatic carbocycles. The van der Waals surface area contributed by atoms with Crippen molar-refractivity contribution < 1.29 is 19.4 Å². The number of hydrogen-bond acceptors (Lipinski definition) is 4. The van der Waals surface area contributed by atoms with Crippen molar-refractivity contribution in [2.45, 2.75) is 13.5 Å². The summed E-state index contributed by atoms with van der Waals surface area (Å²) in [6, 6.07) is 9.99. The first-order chi connectivity index (χ1) is 9.10. The van der Waals surface area contributed by atoms with Gasteiger partial charge in [0.15, 0.2) is 0 Å². The molecule has 0 unspecified atom stereocenters. The fraction of sp³-hybridized carbons (Fsp3) is 0.214. The van der Waals surface area contributed by atoms with Gasteiger partial charge in [0.25, 0.3) is 0 Å². The summed E-state index contributed by atoms with van der Waals surface area (Å²) in [6.07, 6.45) is 0. The summed E-state index contributed by atoms with van der Waals surface area (Å²) >= 11 is 0. The Balaban J connectivity index is 2.16. The molecule has 0 aliphatic heterocycles. The summed E-state index contributed by atoms with van der Waals surface area (Å²) in [4.78, 5) is 12.7. The highest BCUT2D eigenvalue weighted by molar-refractivity contribution is 5.84. The van der Waals surface area contributed by atoms with Gasteiger partial charge < -0.3 is 19.5 Å². The lowest BCUT2D eigenvalue weighted by atomic mass is 10.2. The summed E-state index contributed by atoms with van der Waals surface area (Å²) in [7, 11) is 0. The van der Waals surface area contributed by atoms with Crippen LogP contribution in [0.2, 0.25) is 0 Å². The third-order valence-corrected chi connectivity index (χ3v) is 2.80. The van der Waals surface area contributed by atoms with Crippen LogP contribution >= 0.6 is 0 Å². The summed E-state index contributed by atoms with van der Waals surface area (Å²) in [5, 5.41) is 18.3. The number of anilines is 1. The predicted octanol–water partition coefficient (Wildman–Crippen LogP) is 2.71. The highest BCUT2D eigenvalue weighted by atomic mass is 16.4. The number of aromatic carboxylic acids is 1. The van der Waals surface area contributed by atoms with E-state index in [1.54, 1.807) is 24.3 Å². The zero-order valence-electron chi connectivity index (χ0n) is 10.5. The molecule has 0 aliphatic rings. The van der Waals surface area contributed by atoms with Gasteiger partial charge in [0.05, 0.1) is 6.54 Å². The number of phenols is 1. The predicted molar refractivity (Wildman–Crippen MR) is 70.5 cm³/mol. The largest absolute Gasteiger partial charge is 0.508 e. The fourth-order valence-corrected chi connectivity index (χ4v) is 1.84. The zero-order valence-corrected chi connectivity index (χ0v) is 10.5. The molecule has 0 radical (unpaired) electrons. The molecule has 0 bridgehead atoms. The van der Waals surface area contributed by atoms with E-state index in [1.807, 2.05) is 17.9 Å². The first kappa shape index (κ1) is 13.0. The molecule has 100 valence electrons. The molecular formula is C14H15NO4. The first-order valence-corrected chi connectivity index (χ1v) is 5.96. The van der Waals surface area contributed by atoms with Gasteiger partial charge in [-0.1, -0.05) is 6.07 Å². The minimum Gasteiger partial charge on any atom is -0.508 e. The van der Waals surface area contributed by atoms with E-state index in [9.17, 15) is 9.90 Å². The molecule has 2 aromatic rings. The number of carbonyl (C=O) groups is 1. The van der Waals surface area contributed by atoms with Crippen molar-refractivity contribution in [3.05, 3.63) is 47.9 Å². The van der Waals surface area contributed by atoms with E-state index in [4.69, 9.17) is 9.52 Å². The van der Waals surface area contributed by atoms with Crippen molar-refractivity contribution in [3.63, 3.8) is 0 Å². The number of aromatic hydroxyl groups is 1. The molecule has 5 nitrogen and oxygen atoms in total. The number of carboxylic acid groups (broad SMARTS) is 1. The molecule has 0 saturated heterocycles. The van der Waals surface area contributed by atoms with Crippen LogP contribution in [0.1, 0.15) is 23.2 Å². The maximum Gasteiger partial charge on any atom is 0.371 e. The van der Waals surface area contributed by atoms with E-state index in [0.717, 1.165) is 5.69 Å². The molecular weight excluding hydrogens is 246 g/mol. The summed E-state index contributed by atoms with van der Waals surface area (Å²) < 4.78 is 5.23. The van der Waals surface area contributed by atoms with Crippen LogP contribution in [0.4, 0.5) is 5.69 Å². The van der Waals surface area contributed by atoms with E-state index < -0.39 is 5.97 Å². The molecule has 0 fully saturated rings. The average Bonchev–Trinajstić information content (AvgIpc) is 2.84. The van der Waals surface area contributed by atoms with Crippen molar-refractivity contribution in [2.75, 3.05) is 11.4 Å². The molecule has 19 heavy (non-hydrogen) atoms. The molecule has 0 amide bonds. The SMILES string of the molecule is CCN(Cc1ccc(C(=O)O)o1)c1cccc(O)c1. The van der Waals surface area contributed by atoms with Crippen LogP contribution in [0.25, 0.3) is 0 Å². The molecule has 5 heteroatoms. The van der Waals surface area contributed by atoms with Gasteiger partial charge in [0.2, 0.25) is 5.76 Å². The molecule has 0 saturated carbocycles. The highest BCUT2D eigenvalue weighted by Crippen LogP contribution is 2.22. The Morgan fingerprint density at radius 2 is 2.11 bits per heavy atom. The molecule has 0 spiro atoms. The maximum atomic E-state index is 10.7. The standard InChI is InChI=1S/C14H15NO4/c1-2-15(10-4-3-5-11(16)8-10)9-12-6-7-13(19-12)14(17)18/h3-8,16H,2,9H2,1H3,(H,17,18). The lowest BCUT2D eigenvalue weighted by molar-refractivity contribution is 0.0660. The zero-order chi connectivity index (χ0) is 13.8. The van der Waals surface area contributed by atoms with Crippen LogP contribution in [0.5, 0.6) is 5.75 Å². The Kier molecular flexibility index (Phi) is 3.75. The molecule has 0 aliphatic carbocycles. The maximum absolute atomic E-state index is 10.7. The molecule has 2 N–H and O–H groups in total. The molecule has 0 atom stereocenters. The van der Waals surface area contributed by atoms with E-state index in [-0.39, 0.29) is 11.5 Å². The number of benzene rings is 1. The molecule has 2 rings (SSSR count). The van der Waals surface area contributed by atoms with Gasteiger partial charge in [-0.2, -0.15) is 0 Å². The van der Waals surface area contributed by atoms with Crippen molar-refractivity contribution >= 4 is 11.7 Å². The number of furan rings is 1. The lowest BCUT2D eigenvalue weighted by Crippen LogP contribution is -2.21. The number of hydrogen-bond donors (Lipinski definition) is 2. The van der Waals surface area contributed by atoms with E-state index in [0.29, 0.717) is 18.8 Å². The van der Waals surface area contributed by atoms with Crippen LogP contribution in [-0.2, 0) is 6.54 Å². The Bertz CT molecular complexity index is 576. The Labute approximate surface area is 110 Å². The fourth-order valence-electron chi connectivity index (χ4n) is 1.84. The Hall–Kier alpha value is -2.43. The summed E-state index contributed by atoms with van der Waals surface area (Å²) in [5.41, 5.74) is 0.857. The minimum atomic E-state index is -1.08. The molecule has 1 heterocycles. The van der Waals surface area contributed by atoms with Gasteiger partial charge in [-0.05, 0) is 31.2 Å². The Morgan fingerprint density at radius 1 is 1.32 bits per heavy atom. The van der Waals surface area contributed by atoms with Crippen LogP contribution in [0.15, 0.2) is 40.8 Å². The van der Waals surface area contributed by atoms with Crippen LogP contribution < -0.4 is 4.90 Å². The van der Waals surface area contributed by atoms with E-state index in [1.165, 1.54) is 6.07 Å². The van der Waals surface area contributed by atoms with Crippen LogP contribution in [0.3, 0.4) is 0 Å².